The highest BCUT2D eigenvalue weighted by Gasteiger charge is 2.34. The van der Waals surface area contributed by atoms with E-state index in [9.17, 15) is 0 Å². The second-order valence-corrected chi connectivity index (χ2v) is 8.50. The summed E-state index contributed by atoms with van der Waals surface area (Å²) in [5.74, 6) is 1.65. The van der Waals surface area contributed by atoms with Crippen molar-refractivity contribution >= 4 is 27.2 Å². The molecule has 4 heteroatoms. The van der Waals surface area contributed by atoms with Gasteiger partial charge in [-0.1, -0.05) is 18.2 Å². The minimum Gasteiger partial charge on any atom is -0.495 e. The van der Waals surface area contributed by atoms with E-state index in [0.29, 0.717) is 0 Å². The van der Waals surface area contributed by atoms with Crippen LogP contribution >= 0.6 is 15.9 Å². The van der Waals surface area contributed by atoms with Crippen LogP contribution in [-0.2, 0) is 0 Å². The molecule has 2 aliphatic heterocycles. The maximum absolute atomic E-state index is 6.42. The highest BCUT2D eigenvalue weighted by molar-refractivity contribution is 9.10. The largest absolute Gasteiger partial charge is 0.495 e. The van der Waals surface area contributed by atoms with Crippen molar-refractivity contribution in [2.75, 3.05) is 12.4 Å². The van der Waals surface area contributed by atoms with E-state index in [2.05, 4.69) is 66.3 Å². The Morgan fingerprint density at radius 2 is 1.96 bits per heavy atom. The summed E-state index contributed by atoms with van der Waals surface area (Å²) in [4.78, 5) is 0. The van der Waals surface area contributed by atoms with Gasteiger partial charge in [0.1, 0.15) is 17.6 Å². The average Bonchev–Trinajstić information content (AvgIpc) is 2.60. The lowest BCUT2D eigenvalue weighted by Crippen LogP contribution is -2.32. The molecule has 1 atom stereocenters. The lowest BCUT2D eigenvalue weighted by atomic mass is 9.81. The van der Waals surface area contributed by atoms with Crippen LogP contribution in [0.3, 0.4) is 0 Å². The predicted molar refractivity (Wildman–Crippen MR) is 116 cm³/mol. The molecule has 140 valence electrons. The second-order valence-electron chi connectivity index (χ2n) is 7.64. The zero-order chi connectivity index (χ0) is 19.3. The zero-order valence-corrected chi connectivity index (χ0v) is 17.9. The van der Waals surface area contributed by atoms with E-state index < -0.39 is 0 Å². The topological polar surface area (TPSA) is 30.5 Å². The number of anilines is 1. The SMILES string of the molecule is CC=CC1Oc2ccc(Br)c(OC)c2-c2ccc3c(c21)C(C)=CC(C)(C)N3. The fraction of sp³-hybridized carbons (Fsp3) is 0.304. The molecule has 3 nitrogen and oxygen atoms in total. The number of benzene rings is 2. The van der Waals surface area contributed by atoms with Gasteiger partial charge >= 0.3 is 0 Å². The van der Waals surface area contributed by atoms with Crippen LogP contribution in [0.1, 0.15) is 44.9 Å². The summed E-state index contributed by atoms with van der Waals surface area (Å²) in [5.41, 5.74) is 6.91. The van der Waals surface area contributed by atoms with E-state index >= 15 is 0 Å². The maximum Gasteiger partial charge on any atom is 0.144 e. The van der Waals surface area contributed by atoms with E-state index in [1.807, 2.05) is 25.1 Å². The van der Waals surface area contributed by atoms with Crippen LogP contribution in [0.4, 0.5) is 5.69 Å². The molecule has 2 aromatic carbocycles. The molecule has 0 bridgehead atoms. The molecule has 0 aliphatic carbocycles. The average molecular weight is 426 g/mol. The first kappa shape index (κ1) is 18.2. The van der Waals surface area contributed by atoms with Crippen LogP contribution < -0.4 is 14.8 Å². The summed E-state index contributed by atoms with van der Waals surface area (Å²) in [6.45, 7) is 8.59. The number of hydrogen-bond acceptors (Lipinski definition) is 3. The number of allylic oxidation sites excluding steroid dienone is 2. The normalized spacial score (nSPS) is 19.3. The molecule has 27 heavy (non-hydrogen) atoms. The quantitative estimate of drug-likeness (QED) is 0.540. The maximum atomic E-state index is 6.42. The lowest BCUT2D eigenvalue weighted by Gasteiger charge is -2.36. The standard InChI is InChI=1S/C23H24BrNO2/c1-6-7-17-20-14(21-18(27-17)11-9-15(24)22(21)26-5)8-10-16-19(20)13(2)12-23(3,4)25-16/h6-12,17,25H,1-5H3. The van der Waals surface area contributed by atoms with Gasteiger partial charge in [0, 0.05) is 16.8 Å². The number of methoxy groups -OCH3 is 1. The minimum absolute atomic E-state index is 0.0738. The van der Waals surface area contributed by atoms with Crippen molar-refractivity contribution in [1.82, 2.24) is 0 Å². The number of hydrogen-bond donors (Lipinski definition) is 1. The third-order valence-corrected chi connectivity index (χ3v) is 5.75. The number of ether oxygens (including phenoxy) is 2. The first-order valence-electron chi connectivity index (χ1n) is 9.17. The number of rotatable bonds is 2. The molecule has 0 spiro atoms. The van der Waals surface area contributed by atoms with Crippen molar-refractivity contribution in [2.24, 2.45) is 0 Å². The highest BCUT2D eigenvalue weighted by Crippen LogP contribution is 2.53. The van der Waals surface area contributed by atoms with Crippen molar-refractivity contribution in [3.8, 4) is 22.6 Å². The zero-order valence-electron chi connectivity index (χ0n) is 16.3. The van der Waals surface area contributed by atoms with E-state index in [0.717, 1.165) is 32.8 Å². The molecular formula is C23H24BrNO2. The van der Waals surface area contributed by atoms with Gasteiger partial charge in [0.05, 0.1) is 22.7 Å². The van der Waals surface area contributed by atoms with Crippen LogP contribution in [-0.4, -0.2) is 12.6 Å². The summed E-state index contributed by atoms with van der Waals surface area (Å²) in [7, 11) is 1.70. The van der Waals surface area contributed by atoms with Gasteiger partial charge in [-0.05, 0) is 79.0 Å². The van der Waals surface area contributed by atoms with Gasteiger partial charge in [-0.3, -0.25) is 0 Å². The summed E-state index contributed by atoms with van der Waals surface area (Å²) in [6.07, 6.45) is 6.32. The Morgan fingerprint density at radius 3 is 2.67 bits per heavy atom. The second kappa shape index (κ2) is 6.45. The number of fused-ring (bicyclic) bond motifs is 5. The van der Waals surface area contributed by atoms with Crippen molar-refractivity contribution in [2.45, 2.75) is 39.3 Å². The van der Waals surface area contributed by atoms with Crippen LogP contribution in [0.2, 0.25) is 0 Å². The fourth-order valence-corrected chi connectivity index (χ4v) is 4.75. The first-order chi connectivity index (χ1) is 12.9. The molecule has 2 aliphatic rings. The Kier molecular flexibility index (Phi) is 4.34. The molecule has 0 saturated heterocycles. The molecular weight excluding hydrogens is 402 g/mol. The third-order valence-electron chi connectivity index (χ3n) is 5.12. The molecule has 0 saturated carbocycles. The van der Waals surface area contributed by atoms with Crippen LogP contribution in [0.15, 0.2) is 47.0 Å². The highest BCUT2D eigenvalue weighted by atomic mass is 79.9. The van der Waals surface area contributed by atoms with Crippen molar-refractivity contribution < 1.29 is 9.47 Å². The smallest absolute Gasteiger partial charge is 0.144 e. The molecule has 4 rings (SSSR count). The minimum atomic E-state index is -0.135. The predicted octanol–water partition coefficient (Wildman–Crippen LogP) is 6.74. The monoisotopic (exact) mass is 425 g/mol. The van der Waals surface area contributed by atoms with Crippen LogP contribution in [0, 0.1) is 0 Å². The van der Waals surface area contributed by atoms with Gasteiger partial charge in [-0.2, -0.15) is 0 Å². The van der Waals surface area contributed by atoms with Gasteiger partial charge in [-0.25, -0.2) is 0 Å². The van der Waals surface area contributed by atoms with Gasteiger partial charge in [-0.15, -0.1) is 0 Å². The molecule has 0 aromatic heterocycles. The Balaban J connectivity index is 2.06. The first-order valence-corrected chi connectivity index (χ1v) is 9.97. The Bertz CT molecular complexity index is 988. The Labute approximate surface area is 169 Å². The molecule has 0 fully saturated rings. The third kappa shape index (κ3) is 2.87. The Morgan fingerprint density at radius 1 is 1.19 bits per heavy atom. The molecule has 2 heterocycles. The van der Waals surface area contributed by atoms with Crippen molar-refractivity contribution in [1.29, 1.82) is 0 Å². The van der Waals surface area contributed by atoms with E-state index in [1.165, 1.54) is 16.7 Å². The lowest BCUT2D eigenvalue weighted by molar-refractivity contribution is 0.249. The number of halogens is 1. The van der Waals surface area contributed by atoms with Gasteiger partial charge in [0.25, 0.3) is 0 Å². The molecule has 0 radical (unpaired) electrons. The van der Waals surface area contributed by atoms with Crippen LogP contribution in [0.5, 0.6) is 11.5 Å². The summed E-state index contributed by atoms with van der Waals surface area (Å²) < 4.78 is 13.1. The molecule has 1 N–H and O–H groups in total. The van der Waals surface area contributed by atoms with Crippen molar-refractivity contribution in [3.63, 3.8) is 0 Å². The summed E-state index contributed by atoms with van der Waals surface area (Å²) >= 11 is 3.62. The van der Waals surface area contributed by atoms with E-state index in [-0.39, 0.29) is 11.6 Å². The van der Waals surface area contributed by atoms with Crippen LogP contribution in [0.25, 0.3) is 16.7 Å². The van der Waals surface area contributed by atoms with Gasteiger partial charge in [0.15, 0.2) is 0 Å². The molecule has 2 aromatic rings. The number of nitrogens with one attached hydrogen (secondary N) is 1. The Hall–Kier alpha value is -2.20. The fourth-order valence-electron chi connectivity index (χ4n) is 4.26. The summed E-state index contributed by atoms with van der Waals surface area (Å²) in [5, 5.41) is 3.65. The van der Waals surface area contributed by atoms with Crippen molar-refractivity contribution in [3.05, 3.63) is 58.1 Å². The molecule has 0 amide bonds. The van der Waals surface area contributed by atoms with Gasteiger partial charge < -0.3 is 14.8 Å². The van der Waals surface area contributed by atoms with E-state index in [1.54, 1.807) is 7.11 Å². The molecule has 1 unspecified atom stereocenters. The van der Waals surface area contributed by atoms with E-state index in [4.69, 9.17) is 9.47 Å². The summed E-state index contributed by atoms with van der Waals surface area (Å²) in [6, 6.07) is 8.34. The van der Waals surface area contributed by atoms with Gasteiger partial charge in [0.2, 0.25) is 0 Å².